The number of aromatic nitrogens is 1. The van der Waals surface area contributed by atoms with E-state index in [4.69, 9.17) is 20.6 Å². The number of aryl methyl sites for hydroxylation is 2. The molecule has 11 heteroatoms. The number of primary amides is 1. The molecular weight excluding hydrogens is 406 g/mol. The molecule has 0 aliphatic rings. The van der Waals surface area contributed by atoms with Crippen molar-refractivity contribution in [2.45, 2.75) is 27.2 Å². The predicted octanol–water partition coefficient (Wildman–Crippen LogP) is 1.62. The van der Waals surface area contributed by atoms with E-state index in [0.29, 0.717) is 18.0 Å². The molecule has 0 aliphatic heterocycles. The Morgan fingerprint density at radius 3 is 2.52 bits per heavy atom. The maximum absolute atomic E-state index is 13.4. The molecule has 0 saturated heterocycles. The molecule has 0 saturated carbocycles. The number of esters is 1. The third-order valence-corrected chi connectivity index (χ3v) is 4.19. The van der Waals surface area contributed by atoms with Crippen LogP contribution in [0.5, 0.6) is 5.75 Å². The van der Waals surface area contributed by atoms with Crippen LogP contribution < -0.4 is 21.1 Å². The zero-order valence-electron chi connectivity index (χ0n) is 17.8. The van der Waals surface area contributed by atoms with Crippen LogP contribution in [0, 0.1) is 13.8 Å². The predicted molar refractivity (Wildman–Crippen MR) is 113 cm³/mol. The van der Waals surface area contributed by atoms with Gasteiger partial charge in [-0.2, -0.15) is 0 Å². The average Bonchev–Trinajstić information content (AvgIpc) is 3.07. The van der Waals surface area contributed by atoms with E-state index in [2.05, 4.69) is 14.7 Å². The first-order chi connectivity index (χ1) is 14.7. The Kier molecular flexibility index (Phi) is 7.72. The van der Waals surface area contributed by atoms with Crippen molar-refractivity contribution >= 4 is 35.5 Å². The van der Waals surface area contributed by atoms with Crippen molar-refractivity contribution in [3.63, 3.8) is 0 Å². The molecule has 31 heavy (non-hydrogen) atoms. The van der Waals surface area contributed by atoms with Gasteiger partial charge in [-0.15, -0.1) is 0 Å². The number of hydrogen-bond acceptors (Lipinski definition) is 8. The molecule has 2 amide bonds. The molecular formula is C20H25N5O6. The fourth-order valence-corrected chi connectivity index (χ4v) is 2.88. The Morgan fingerprint density at radius 2 is 2.00 bits per heavy atom. The molecule has 166 valence electrons. The maximum atomic E-state index is 13.4. The lowest BCUT2D eigenvalue weighted by atomic mass is 10.1. The van der Waals surface area contributed by atoms with Gasteiger partial charge in [-0.05, 0) is 25.5 Å². The molecule has 4 N–H and O–H groups in total. The molecule has 0 fully saturated rings. The number of carbonyl (C=O) groups excluding carboxylic acids is 3. The van der Waals surface area contributed by atoms with Crippen LogP contribution >= 0.6 is 0 Å². The summed E-state index contributed by atoms with van der Waals surface area (Å²) in [7, 11) is 1.21. The van der Waals surface area contributed by atoms with E-state index >= 15 is 0 Å². The number of aliphatic imine (C=N–C) groups is 1. The number of carbonyl (C=O) groups is 3. The number of oxazole rings is 1. The molecule has 1 aromatic heterocycles. The lowest BCUT2D eigenvalue weighted by Crippen LogP contribution is -2.33. The molecule has 0 radical (unpaired) electrons. The Hall–Kier alpha value is -3.89. The van der Waals surface area contributed by atoms with Crippen molar-refractivity contribution in [1.82, 2.24) is 4.98 Å². The van der Waals surface area contributed by atoms with Crippen molar-refractivity contribution in [1.29, 1.82) is 0 Å². The van der Waals surface area contributed by atoms with Crippen LogP contribution in [0.2, 0.25) is 0 Å². The number of ether oxygens (including phenoxy) is 2. The molecule has 0 spiro atoms. The highest BCUT2D eigenvalue weighted by Crippen LogP contribution is 2.40. The third kappa shape index (κ3) is 5.38. The first-order valence-corrected chi connectivity index (χ1v) is 9.41. The highest BCUT2D eigenvalue weighted by Gasteiger charge is 2.29. The summed E-state index contributed by atoms with van der Waals surface area (Å²) >= 11 is 0. The second kappa shape index (κ2) is 10.2. The van der Waals surface area contributed by atoms with E-state index < -0.39 is 24.4 Å². The van der Waals surface area contributed by atoms with Gasteiger partial charge in [-0.1, -0.05) is 6.92 Å². The lowest BCUT2D eigenvalue weighted by Gasteiger charge is -2.25. The largest absolute Gasteiger partial charge is 0.480 e. The van der Waals surface area contributed by atoms with Gasteiger partial charge in [0, 0.05) is 19.0 Å². The Balaban J connectivity index is 2.71. The highest BCUT2D eigenvalue weighted by molar-refractivity contribution is 6.08. The van der Waals surface area contributed by atoms with Crippen LogP contribution in [0.1, 0.15) is 45.8 Å². The summed E-state index contributed by atoms with van der Waals surface area (Å²) < 4.78 is 15.7. The summed E-state index contributed by atoms with van der Waals surface area (Å²) in [4.78, 5) is 46.4. The first kappa shape index (κ1) is 23.4. The standard InChI is InChI=1S/C20H25N5O6/c1-5-6-25(20(28)18-11(2)24-12(3)31-18)17-14(23-10-21)7-13(19(22)27)8-15(17)30-9-16(26)29-4/h7-8,10H,5-6,9H2,1-4H3,(H2,21,23)(H2,22,27). The minimum absolute atomic E-state index is 0.0259. The van der Waals surface area contributed by atoms with Crippen molar-refractivity contribution < 1.29 is 28.3 Å². The van der Waals surface area contributed by atoms with E-state index in [0.717, 1.165) is 6.34 Å². The monoisotopic (exact) mass is 431 g/mol. The van der Waals surface area contributed by atoms with Gasteiger partial charge in [-0.3, -0.25) is 9.59 Å². The topological polar surface area (TPSA) is 163 Å². The van der Waals surface area contributed by atoms with Gasteiger partial charge in [0.25, 0.3) is 5.91 Å². The van der Waals surface area contributed by atoms with Crippen LogP contribution in [0.4, 0.5) is 11.4 Å². The highest BCUT2D eigenvalue weighted by atomic mass is 16.6. The van der Waals surface area contributed by atoms with Gasteiger partial charge >= 0.3 is 5.97 Å². The number of nitrogens with two attached hydrogens (primary N) is 2. The second-order valence-electron chi connectivity index (χ2n) is 6.45. The molecule has 1 heterocycles. The number of rotatable bonds is 9. The van der Waals surface area contributed by atoms with E-state index in [-0.39, 0.29) is 35.0 Å². The number of hydrogen-bond donors (Lipinski definition) is 2. The molecule has 0 atom stereocenters. The molecule has 1 aromatic carbocycles. The minimum atomic E-state index is -0.752. The van der Waals surface area contributed by atoms with Crippen LogP contribution in [0.15, 0.2) is 21.5 Å². The number of methoxy groups -OCH3 is 1. The van der Waals surface area contributed by atoms with Crippen molar-refractivity contribution in [2.75, 3.05) is 25.2 Å². The third-order valence-electron chi connectivity index (χ3n) is 4.19. The van der Waals surface area contributed by atoms with E-state index in [1.165, 1.54) is 24.1 Å². The maximum Gasteiger partial charge on any atom is 0.343 e. The molecule has 2 rings (SSSR count). The fraction of sp³-hybridized carbons (Fsp3) is 0.350. The van der Waals surface area contributed by atoms with Gasteiger partial charge in [0.1, 0.15) is 11.4 Å². The molecule has 0 bridgehead atoms. The van der Waals surface area contributed by atoms with Crippen molar-refractivity contribution in [3.8, 4) is 5.75 Å². The summed E-state index contributed by atoms with van der Waals surface area (Å²) in [6.45, 7) is 4.93. The van der Waals surface area contributed by atoms with Crippen LogP contribution in [-0.4, -0.2) is 49.4 Å². The van der Waals surface area contributed by atoms with Gasteiger partial charge in [0.2, 0.25) is 11.7 Å². The first-order valence-electron chi connectivity index (χ1n) is 9.41. The van der Waals surface area contributed by atoms with E-state index in [1.807, 2.05) is 6.92 Å². The van der Waals surface area contributed by atoms with E-state index in [9.17, 15) is 14.4 Å². The summed E-state index contributed by atoms with van der Waals surface area (Å²) in [6, 6.07) is 2.70. The van der Waals surface area contributed by atoms with Crippen molar-refractivity contribution in [2.24, 2.45) is 16.5 Å². The molecule has 0 aliphatic carbocycles. The van der Waals surface area contributed by atoms with Crippen LogP contribution in [-0.2, 0) is 9.53 Å². The van der Waals surface area contributed by atoms with Crippen LogP contribution in [0.3, 0.4) is 0 Å². The smallest absolute Gasteiger partial charge is 0.343 e. The second-order valence-corrected chi connectivity index (χ2v) is 6.45. The number of nitrogens with zero attached hydrogens (tertiary/aromatic N) is 3. The number of amides is 2. The zero-order valence-corrected chi connectivity index (χ0v) is 17.8. The van der Waals surface area contributed by atoms with Crippen LogP contribution in [0.25, 0.3) is 0 Å². The SMILES string of the molecule is CCCN(C(=O)c1oc(C)nc1C)c1c(N=CN)cc(C(N)=O)cc1OCC(=O)OC. The summed E-state index contributed by atoms with van der Waals surface area (Å²) in [5.74, 6) is -1.50. The van der Waals surface area contributed by atoms with Gasteiger partial charge in [0.15, 0.2) is 12.5 Å². The zero-order chi connectivity index (χ0) is 23.1. The quantitative estimate of drug-likeness (QED) is 0.343. The molecule has 2 aromatic rings. The van der Waals surface area contributed by atoms with Gasteiger partial charge in [-0.25, -0.2) is 14.8 Å². The lowest BCUT2D eigenvalue weighted by molar-refractivity contribution is -0.142. The average molecular weight is 431 g/mol. The Morgan fingerprint density at radius 1 is 1.29 bits per heavy atom. The van der Waals surface area contributed by atoms with Gasteiger partial charge < -0.3 is 30.3 Å². The number of benzene rings is 1. The van der Waals surface area contributed by atoms with Crippen molar-refractivity contribution in [3.05, 3.63) is 35.0 Å². The summed E-state index contributed by atoms with van der Waals surface area (Å²) in [6.07, 6.45) is 1.57. The fourth-order valence-electron chi connectivity index (χ4n) is 2.88. The van der Waals surface area contributed by atoms with E-state index in [1.54, 1.807) is 13.8 Å². The summed E-state index contributed by atoms with van der Waals surface area (Å²) in [5, 5.41) is 0. The molecule has 11 nitrogen and oxygen atoms in total. The summed E-state index contributed by atoms with van der Waals surface area (Å²) in [5.41, 5.74) is 11.7. The number of anilines is 1. The van der Waals surface area contributed by atoms with Gasteiger partial charge in [0.05, 0.1) is 24.8 Å². The Labute approximate surface area is 179 Å². The Bertz CT molecular complexity index is 1010. The molecule has 0 unspecified atom stereocenters. The minimum Gasteiger partial charge on any atom is -0.480 e. The normalized spacial score (nSPS) is 10.8.